The highest BCUT2D eigenvalue weighted by molar-refractivity contribution is 5.71. The van der Waals surface area contributed by atoms with E-state index in [1.165, 1.54) is 39.2 Å². The molecule has 0 bridgehead atoms. The van der Waals surface area contributed by atoms with Crippen LogP contribution in [0.1, 0.15) is 96.8 Å². The molecule has 0 spiro atoms. The molecule has 0 aliphatic rings. The third-order valence-electron chi connectivity index (χ3n) is 4.73. The number of carboxylic acid groups (broad SMARTS) is 1. The number of rotatable bonds is 18. The van der Waals surface area contributed by atoms with Crippen molar-refractivity contribution in [1.82, 2.24) is 0 Å². The highest BCUT2D eigenvalue weighted by Crippen LogP contribution is 2.13. The number of unbranched alkanes of at least 4 members (excludes halogenated alkanes) is 9. The molecule has 4 heteroatoms. The lowest BCUT2D eigenvalue weighted by Gasteiger charge is -2.07. The van der Waals surface area contributed by atoms with Crippen molar-refractivity contribution in [1.29, 1.82) is 0 Å². The fraction of sp³-hybridized carbons (Fsp3) is 0.739. The van der Waals surface area contributed by atoms with E-state index in [-0.39, 0.29) is 11.9 Å². The number of ether oxygens (including phenoxy) is 1. The van der Waals surface area contributed by atoms with Gasteiger partial charge in [-0.15, -0.1) is 0 Å². The van der Waals surface area contributed by atoms with Gasteiger partial charge in [0.1, 0.15) is 0 Å². The minimum Gasteiger partial charge on any atom is -0.481 e. The maximum atomic E-state index is 11.3. The Morgan fingerprint density at radius 2 is 1.33 bits per heavy atom. The molecule has 0 saturated heterocycles. The second kappa shape index (κ2) is 19.2. The number of carbonyl (C=O) groups is 2. The Morgan fingerprint density at radius 1 is 0.815 bits per heavy atom. The van der Waals surface area contributed by atoms with E-state index in [0.717, 1.165) is 51.4 Å². The van der Waals surface area contributed by atoms with E-state index in [0.29, 0.717) is 6.42 Å². The molecule has 0 heterocycles. The number of esters is 1. The summed E-state index contributed by atoms with van der Waals surface area (Å²) in [6.45, 7) is 1.94. The van der Waals surface area contributed by atoms with E-state index in [1.54, 1.807) is 0 Å². The van der Waals surface area contributed by atoms with Crippen LogP contribution >= 0.6 is 0 Å². The minimum atomic E-state index is -0.684. The molecule has 0 amide bonds. The summed E-state index contributed by atoms with van der Waals surface area (Å²) in [6, 6.07) is 0. The third-order valence-corrected chi connectivity index (χ3v) is 4.73. The predicted molar refractivity (Wildman–Crippen MR) is 112 cm³/mol. The minimum absolute atomic E-state index is 0.0265. The number of hydrogen-bond donors (Lipinski definition) is 1. The molecule has 0 saturated carbocycles. The normalized spacial score (nSPS) is 12.7. The third kappa shape index (κ3) is 19.0. The maximum absolute atomic E-state index is 11.3. The molecular weight excluding hydrogens is 340 g/mol. The van der Waals surface area contributed by atoms with Crippen LogP contribution in [0.25, 0.3) is 0 Å². The van der Waals surface area contributed by atoms with Crippen molar-refractivity contribution >= 4 is 11.9 Å². The average molecular weight is 381 g/mol. The van der Waals surface area contributed by atoms with Crippen molar-refractivity contribution in [2.24, 2.45) is 5.92 Å². The molecule has 1 atom stereocenters. The van der Waals surface area contributed by atoms with Crippen molar-refractivity contribution in [3.8, 4) is 0 Å². The second-order valence-electron chi connectivity index (χ2n) is 7.29. The Morgan fingerprint density at radius 3 is 1.89 bits per heavy atom. The molecule has 27 heavy (non-hydrogen) atoms. The first-order chi connectivity index (χ1) is 13.1. The molecule has 0 radical (unpaired) electrons. The lowest BCUT2D eigenvalue weighted by Crippen LogP contribution is -2.12. The van der Waals surface area contributed by atoms with Crippen molar-refractivity contribution < 1.29 is 19.4 Å². The van der Waals surface area contributed by atoms with E-state index in [2.05, 4.69) is 24.3 Å². The largest absolute Gasteiger partial charge is 0.481 e. The number of carboxylic acids is 1. The molecule has 0 aromatic carbocycles. The molecular formula is C23H40O4. The van der Waals surface area contributed by atoms with Crippen LogP contribution in [0, 0.1) is 5.92 Å². The van der Waals surface area contributed by atoms with Crippen molar-refractivity contribution in [2.45, 2.75) is 96.8 Å². The van der Waals surface area contributed by atoms with Gasteiger partial charge in [0.2, 0.25) is 0 Å². The molecule has 156 valence electrons. The standard InChI is InChI=1S/C23H40O4/c1-21(23(26)27-2)19-17-15-13-11-9-7-5-3-4-6-8-10-12-14-16-18-20-22(24)25/h4-7,21H,3,8-20H2,1-2H3,(H,24,25). The van der Waals surface area contributed by atoms with E-state index < -0.39 is 5.97 Å². The SMILES string of the molecule is COC(=O)C(C)CCCCCCC=CCC=CCCCCCCCC(=O)O. The topological polar surface area (TPSA) is 63.6 Å². The highest BCUT2D eigenvalue weighted by Gasteiger charge is 2.11. The first-order valence-electron chi connectivity index (χ1n) is 10.7. The molecule has 1 unspecified atom stereocenters. The summed E-state index contributed by atoms with van der Waals surface area (Å²) in [5, 5.41) is 8.55. The van der Waals surface area contributed by atoms with Crippen LogP contribution in [-0.2, 0) is 14.3 Å². The molecule has 0 aliphatic carbocycles. The molecule has 4 nitrogen and oxygen atoms in total. The van der Waals surface area contributed by atoms with E-state index in [9.17, 15) is 9.59 Å². The lowest BCUT2D eigenvalue weighted by atomic mass is 10.0. The Labute approximate surface area is 166 Å². The van der Waals surface area contributed by atoms with Crippen LogP contribution in [0.3, 0.4) is 0 Å². The van der Waals surface area contributed by atoms with Gasteiger partial charge in [-0.25, -0.2) is 0 Å². The number of allylic oxidation sites excluding steroid dienone is 4. The molecule has 0 aromatic rings. The highest BCUT2D eigenvalue weighted by atomic mass is 16.5. The second-order valence-corrected chi connectivity index (χ2v) is 7.29. The van der Waals surface area contributed by atoms with E-state index in [4.69, 9.17) is 9.84 Å². The van der Waals surface area contributed by atoms with Gasteiger partial charge in [0.15, 0.2) is 0 Å². The van der Waals surface area contributed by atoms with Gasteiger partial charge >= 0.3 is 11.9 Å². The molecule has 1 N–H and O–H groups in total. The van der Waals surface area contributed by atoms with E-state index >= 15 is 0 Å². The first kappa shape index (κ1) is 25.4. The summed E-state index contributed by atoms with van der Waals surface area (Å²) >= 11 is 0. The Hall–Kier alpha value is -1.58. The zero-order valence-electron chi connectivity index (χ0n) is 17.5. The fourth-order valence-corrected chi connectivity index (χ4v) is 2.96. The number of methoxy groups -OCH3 is 1. The summed E-state index contributed by atoms with van der Waals surface area (Å²) < 4.78 is 4.73. The van der Waals surface area contributed by atoms with Crippen LogP contribution in [0.15, 0.2) is 24.3 Å². The zero-order chi connectivity index (χ0) is 20.2. The van der Waals surface area contributed by atoms with Gasteiger partial charge in [0, 0.05) is 6.42 Å². The van der Waals surface area contributed by atoms with Crippen molar-refractivity contribution in [3.05, 3.63) is 24.3 Å². The van der Waals surface area contributed by atoms with Gasteiger partial charge in [-0.3, -0.25) is 9.59 Å². The van der Waals surface area contributed by atoms with Gasteiger partial charge in [0.05, 0.1) is 13.0 Å². The number of hydrogen-bond acceptors (Lipinski definition) is 3. The summed E-state index contributed by atoms with van der Waals surface area (Å²) in [6.07, 6.45) is 23.6. The Balaban J connectivity index is 3.31. The van der Waals surface area contributed by atoms with Gasteiger partial charge in [0.25, 0.3) is 0 Å². The van der Waals surface area contributed by atoms with Gasteiger partial charge in [-0.1, -0.05) is 69.8 Å². The maximum Gasteiger partial charge on any atom is 0.308 e. The summed E-state index contributed by atoms with van der Waals surface area (Å²) in [5.41, 5.74) is 0. The molecule has 0 fully saturated rings. The van der Waals surface area contributed by atoms with Crippen LogP contribution < -0.4 is 0 Å². The molecule has 0 aliphatic heterocycles. The molecule has 0 aromatic heterocycles. The fourth-order valence-electron chi connectivity index (χ4n) is 2.96. The summed E-state index contributed by atoms with van der Waals surface area (Å²) in [7, 11) is 1.45. The van der Waals surface area contributed by atoms with Crippen LogP contribution in [0.2, 0.25) is 0 Å². The summed E-state index contributed by atoms with van der Waals surface area (Å²) in [4.78, 5) is 21.7. The smallest absolute Gasteiger partial charge is 0.308 e. The Kier molecular flexibility index (Phi) is 18.1. The summed E-state index contributed by atoms with van der Waals surface area (Å²) in [5.74, 6) is -0.753. The zero-order valence-corrected chi connectivity index (χ0v) is 17.5. The van der Waals surface area contributed by atoms with E-state index in [1.807, 2.05) is 6.92 Å². The number of aliphatic carboxylic acids is 1. The average Bonchev–Trinajstić information content (AvgIpc) is 2.65. The van der Waals surface area contributed by atoms with Crippen molar-refractivity contribution in [2.75, 3.05) is 7.11 Å². The van der Waals surface area contributed by atoms with Gasteiger partial charge < -0.3 is 9.84 Å². The van der Waals surface area contributed by atoms with Crippen molar-refractivity contribution in [3.63, 3.8) is 0 Å². The van der Waals surface area contributed by atoms with Gasteiger partial charge in [-0.2, -0.15) is 0 Å². The van der Waals surface area contributed by atoms with Gasteiger partial charge in [-0.05, 0) is 44.9 Å². The first-order valence-corrected chi connectivity index (χ1v) is 10.7. The van der Waals surface area contributed by atoms with Crippen LogP contribution in [0.4, 0.5) is 0 Å². The molecule has 0 rings (SSSR count). The quantitative estimate of drug-likeness (QED) is 0.168. The lowest BCUT2D eigenvalue weighted by molar-refractivity contribution is -0.145. The number of carbonyl (C=O) groups excluding carboxylic acids is 1. The van der Waals surface area contributed by atoms with Crippen LogP contribution in [-0.4, -0.2) is 24.2 Å². The van der Waals surface area contributed by atoms with Crippen LogP contribution in [0.5, 0.6) is 0 Å². The Bertz CT molecular complexity index is 426. The predicted octanol–water partition coefficient (Wildman–Crippen LogP) is 6.45. The monoisotopic (exact) mass is 380 g/mol.